The summed E-state index contributed by atoms with van der Waals surface area (Å²) in [6.45, 7) is 6.47. The largest absolute Gasteiger partial charge is 0.356 e. The predicted molar refractivity (Wildman–Crippen MR) is 116 cm³/mol. The molecular weight excluding hydrogens is 370 g/mol. The minimum Gasteiger partial charge on any atom is -0.356 e. The van der Waals surface area contributed by atoms with Gasteiger partial charge < -0.3 is 15.5 Å². The molecular formula is C21H29N5OS. The summed E-state index contributed by atoms with van der Waals surface area (Å²) >= 11 is 1.47. The number of aliphatic imine (C=N–C) groups is 1. The Bertz CT molecular complexity index is 739. The predicted octanol–water partition coefficient (Wildman–Crippen LogP) is 2.26. The second-order valence-corrected chi connectivity index (χ2v) is 7.76. The van der Waals surface area contributed by atoms with Gasteiger partial charge in [0.25, 0.3) is 5.91 Å². The average Bonchev–Trinajstić information content (AvgIpc) is 3.27. The lowest BCUT2D eigenvalue weighted by Crippen LogP contribution is -2.52. The molecule has 2 heterocycles. The van der Waals surface area contributed by atoms with Crippen LogP contribution in [-0.2, 0) is 6.54 Å². The quantitative estimate of drug-likeness (QED) is 0.426. The number of thiophene rings is 1. The fraction of sp³-hybridized carbons (Fsp3) is 0.429. The summed E-state index contributed by atoms with van der Waals surface area (Å²) < 4.78 is 0. The second kappa shape index (κ2) is 10.8. The minimum atomic E-state index is 0.00826. The van der Waals surface area contributed by atoms with Crippen molar-refractivity contribution in [2.75, 3.05) is 46.3 Å². The number of carbonyl (C=O) groups is 1. The van der Waals surface area contributed by atoms with Crippen LogP contribution in [0.5, 0.6) is 0 Å². The zero-order chi connectivity index (χ0) is 19.6. The number of piperazine rings is 1. The topological polar surface area (TPSA) is 60.0 Å². The van der Waals surface area contributed by atoms with E-state index >= 15 is 0 Å². The number of hydrogen-bond donors (Lipinski definition) is 2. The van der Waals surface area contributed by atoms with Crippen molar-refractivity contribution in [1.82, 2.24) is 20.4 Å². The van der Waals surface area contributed by atoms with E-state index in [0.717, 1.165) is 56.5 Å². The first kappa shape index (κ1) is 20.4. The Morgan fingerprint density at radius 1 is 1.04 bits per heavy atom. The van der Waals surface area contributed by atoms with Gasteiger partial charge in [0, 0.05) is 52.9 Å². The highest BCUT2D eigenvalue weighted by atomic mass is 32.1. The third kappa shape index (κ3) is 6.07. The molecule has 0 radical (unpaired) electrons. The van der Waals surface area contributed by atoms with Crippen molar-refractivity contribution in [2.24, 2.45) is 4.99 Å². The van der Waals surface area contributed by atoms with Gasteiger partial charge in [0.1, 0.15) is 0 Å². The first-order chi connectivity index (χ1) is 13.8. The number of rotatable bonds is 7. The fourth-order valence-corrected chi connectivity index (χ4v) is 3.92. The van der Waals surface area contributed by atoms with Crippen LogP contribution in [0, 0.1) is 0 Å². The van der Waals surface area contributed by atoms with Crippen LogP contribution in [0.25, 0.3) is 0 Å². The van der Waals surface area contributed by atoms with E-state index in [1.807, 2.05) is 24.6 Å². The van der Waals surface area contributed by atoms with Gasteiger partial charge in [0.15, 0.2) is 5.96 Å². The molecule has 1 aromatic carbocycles. The number of amides is 1. The molecule has 6 nitrogen and oxygen atoms in total. The Kier molecular flexibility index (Phi) is 7.87. The molecule has 1 saturated heterocycles. The number of nitrogens with one attached hydrogen (secondary N) is 2. The summed E-state index contributed by atoms with van der Waals surface area (Å²) in [5, 5.41) is 8.29. The number of guanidine groups is 1. The maximum atomic E-state index is 11.9. The third-order valence-electron chi connectivity index (χ3n) is 4.80. The summed E-state index contributed by atoms with van der Waals surface area (Å²) in [6, 6.07) is 14.4. The molecule has 1 fully saturated rings. The van der Waals surface area contributed by atoms with E-state index in [9.17, 15) is 4.79 Å². The molecule has 0 atom stereocenters. The van der Waals surface area contributed by atoms with E-state index in [1.165, 1.54) is 16.9 Å². The molecule has 0 aliphatic carbocycles. The highest BCUT2D eigenvalue weighted by Crippen LogP contribution is 2.09. The smallest absolute Gasteiger partial charge is 0.261 e. The maximum Gasteiger partial charge on any atom is 0.261 e. The van der Waals surface area contributed by atoms with Crippen LogP contribution in [-0.4, -0.2) is 68.0 Å². The molecule has 1 aliphatic rings. The molecule has 150 valence electrons. The van der Waals surface area contributed by atoms with Crippen molar-refractivity contribution < 1.29 is 4.79 Å². The fourth-order valence-electron chi connectivity index (χ4n) is 3.28. The number of benzene rings is 1. The first-order valence-electron chi connectivity index (χ1n) is 9.80. The van der Waals surface area contributed by atoms with Gasteiger partial charge in [-0.15, -0.1) is 11.3 Å². The van der Waals surface area contributed by atoms with Gasteiger partial charge in [-0.05, 0) is 23.4 Å². The molecule has 2 aromatic rings. The number of nitrogens with zero attached hydrogens (tertiary/aromatic N) is 3. The van der Waals surface area contributed by atoms with Crippen molar-refractivity contribution in [3.63, 3.8) is 0 Å². The molecule has 7 heteroatoms. The van der Waals surface area contributed by atoms with Gasteiger partial charge in [0.2, 0.25) is 0 Å². The number of carbonyl (C=O) groups excluding carboxylic acids is 1. The van der Waals surface area contributed by atoms with Crippen molar-refractivity contribution in [3.05, 3.63) is 58.3 Å². The van der Waals surface area contributed by atoms with Crippen LogP contribution in [0.15, 0.2) is 52.8 Å². The van der Waals surface area contributed by atoms with E-state index in [1.54, 1.807) is 0 Å². The van der Waals surface area contributed by atoms with Crippen molar-refractivity contribution >= 4 is 23.2 Å². The Hall–Kier alpha value is -2.38. The zero-order valence-electron chi connectivity index (χ0n) is 16.4. The standard InChI is InChI=1S/C21H29N5OS/c1-22-21(24-11-6-10-23-20(27)19-9-5-16-28-19)26-14-12-25(13-15-26)17-18-7-3-2-4-8-18/h2-5,7-9,16H,6,10-15,17H2,1H3,(H,22,24)(H,23,27). The average molecular weight is 400 g/mol. The zero-order valence-corrected chi connectivity index (χ0v) is 17.3. The lowest BCUT2D eigenvalue weighted by molar-refractivity contribution is 0.0957. The maximum absolute atomic E-state index is 11.9. The van der Waals surface area contributed by atoms with Gasteiger partial charge in [-0.2, -0.15) is 0 Å². The summed E-state index contributed by atoms with van der Waals surface area (Å²) in [4.78, 5) is 21.9. The Balaban J connectivity index is 1.33. The monoisotopic (exact) mass is 399 g/mol. The van der Waals surface area contributed by atoms with Gasteiger partial charge in [-0.3, -0.25) is 14.7 Å². The lowest BCUT2D eigenvalue weighted by Gasteiger charge is -2.36. The summed E-state index contributed by atoms with van der Waals surface area (Å²) in [5.74, 6) is 0.956. The summed E-state index contributed by atoms with van der Waals surface area (Å²) in [7, 11) is 1.83. The van der Waals surface area contributed by atoms with Crippen LogP contribution >= 0.6 is 11.3 Å². The SMILES string of the molecule is CN=C(NCCCNC(=O)c1cccs1)N1CCN(Cc2ccccc2)CC1. The van der Waals surface area contributed by atoms with Crippen LogP contribution < -0.4 is 10.6 Å². The first-order valence-corrected chi connectivity index (χ1v) is 10.7. The van der Waals surface area contributed by atoms with Gasteiger partial charge >= 0.3 is 0 Å². The molecule has 3 rings (SSSR count). The highest BCUT2D eigenvalue weighted by molar-refractivity contribution is 7.12. The Morgan fingerprint density at radius 3 is 2.46 bits per heavy atom. The summed E-state index contributed by atoms with van der Waals surface area (Å²) in [6.07, 6.45) is 0.865. The van der Waals surface area contributed by atoms with Crippen LogP contribution in [0.1, 0.15) is 21.7 Å². The van der Waals surface area contributed by atoms with E-state index in [0.29, 0.717) is 6.54 Å². The van der Waals surface area contributed by atoms with E-state index in [2.05, 4.69) is 55.8 Å². The second-order valence-electron chi connectivity index (χ2n) is 6.81. The molecule has 1 aliphatic heterocycles. The third-order valence-corrected chi connectivity index (χ3v) is 5.67. The normalized spacial score (nSPS) is 15.5. The van der Waals surface area contributed by atoms with Gasteiger partial charge in [-0.1, -0.05) is 36.4 Å². The lowest BCUT2D eigenvalue weighted by atomic mass is 10.2. The summed E-state index contributed by atoms with van der Waals surface area (Å²) in [5.41, 5.74) is 1.36. The van der Waals surface area contributed by atoms with Crippen LogP contribution in [0.2, 0.25) is 0 Å². The Labute approximate surface area is 171 Å². The molecule has 0 bridgehead atoms. The molecule has 28 heavy (non-hydrogen) atoms. The Morgan fingerprint density at radius 2 is 1.79 bits per heavy atom. The van der Waals surface area contributed by atoms with Crippen molar-refractivity contribution in [1.29, 1.82) is 0 Å². The minimum absolute atomic E-state index is 0.00826. The van der Waals surface area contributed by atoms with Crippen LogP contribution in [0.3, 0.4) is 0 Å². The van der Waals surface area contributed by atoms with Crippen molar-refractivity contribution in [3.8, 4) is 0 Å². The van der Waals surface area contributed by atoms with Crippen molar-refractivity contribution in [2.45, 2.75) is 13.0 Å². The van der Waals surface area contributed by atoms with Gasteiger partial charge in [0.05, 0.1) is 4.88 Å². The molecule has 0 spiro atoms. The van der Waals surface area contributed by atoms with E-state index in [4.69, 9.17) is 0 Å². The van der Waals surface area contributed by atoms with Gasteiger partial charge in [-0.25, -0.2) is 0 Å². The molecule has 0 saturated carbocycles. The van der Waals surface area contributed by atoms with E-state index in [-0.39, 0.29) is 5.91 Å². The highest BCUT2D eigenvalue weighted by Gasteiger charge is 2.19. The molecule has 1 amide bonds. The molecule has 2 N–H and O–H groups in total. The van der Waals surface area contributed by atoms with Crippen LogP contribution in [0.4, 0.5) is 0 Å². The molecule has 0 unspecified atom stereocenters. The van der Waals surface area contributed by atoms with E-state index < -0.39 is 0 Å². The molecule has 1 aromatic heterocycles. The number of hydrogen-bond acceptors (Lipinski definition) is 4.